The van der Waals surface area contributed by atoms with E-state index in [2.05, 4.69) is 9.72 Å². The molecule has 1 rings (SSSR count). The molecule has 0 saturated carbocycles. The summed E-state index contributed by atoms with van der Waals surface area (Å²) in [7, 11) is 2.43. The Bertz CT molecular complexity index is 424. The minimum atomic E-state index is -2.80. The minimum Gasteiger partial charge on any atom is -0.495 e. The van der Waals surface area contributed by atoms with Crippen LogP contribution in [-0.2, 0) is 16.0 Å². The number of methoxy groups -OCH3 is 2. The number of hydrogen-bond acceptors (Lipinski definition) is 5. The highest BCUT2D eigenvalue weighted by molar-refractivity contribution is 5.75. The van der Waals surface area contributed by atoms with Crippen molar-refractivity contribution in [1.82, 2.24) is 4.98 Å². The van der Waals surface area contributed by atoms with E-state index in [0.717, 1.165) is 6.20 Å². The summed E-state index contributed by atoms with van der Waals surface area (Å²) in [5.41, 5.74) is 4.88. The van der Waals surface area contributed by atoms with E-state index >= 15 is 0 Å². The number of pyridine rings is 1. The molecule has 0 aliphatic rings. The largest absolute Gasteiger partial charge is 0.495 e. The molecule has 0 fully saturated rings. The summed E-state index contributed by atoms with van der Waals surface area (Å²) in [6.07, 6.45) is -1.95. The Morgan fingerprint density at radius 3 is 2.65 bits per heavy atom. The molecule has 0 amide bonds. The number of esters is 1. The molecule has 1 aromatic rings. The first kappa shape index (κ1) is 13.1. The first-order valence-electron chi connectivity index (χ1n) is 4.67. The Balaban J connectivity index is 3.18. The summed E-state index contributed by atoms with van der Waals surface area (Å²) in [6.45, 7) is 0. The van der Waals surface area contributed by atoms with Gasteiger partial charge < -0.3 is 15.2 Å². The zero-order valence-electron chi connectivity index (χ0n) is 9.37. The van der Waals surface area contributed by atoms with Crippen molar-refractivity contribution in [3.63, 3.8) is 0 Å². The van der Waals surface area contributed by atoms with Crippen molar-refractivity contribution in [2.75, 3.05) is 20.0 Å². The Labute approximate surface area is 96.5 Å². The second kappa shape index (κ2) is 5.42. The SMILES string of the molecule is COC(=O)Cc1ncc(OC)c(C(F)F)c1N. The van der Waals surface area contributed by atoms with E-state index < -0.39 is 18.0 Å². The fourth-order valence-electron chi connectivity index (χ4n) is 1.30. The maximum absolute atomic E-state index is 12.8. The van der Waals surface area contributed by atoms with Crippen LogP contribution in [0, 0.1) is 0 Å². The molecule has 0 bridgehead atoms. The standard InChI is InChI=1S/C10H12F2N2O3/c1-16-6-4-14-5(3-7(15)17-2)9(13)8(6)10(11)12/h4,10H,3,13H2,1-2H3. The van der Waals surface area contributed by atoms with E-state index in [4.69, 9.17) is 10.5 Å². The van der Waals surface area contributed by atoms with Crippen molar-refractivity contribution >= 4 is 11.7 Å². The third-order valence-corrected chi connectivity index (χ3v) is 2.18. The van der Waals surface area contributed by atoms with E-state index in [1.165, 1.54) is 14.2 Å². The van der Waals surface area contributed by atoms with Crippen LogP contribution in [0.2, 0.25) is 0 Å². The number of carbonyl (C=O) groups is 1. The Morgan fingerprint density at radius 2 is 2.18 bits per heavy atom. The van der Waals surface area contributed by atoms with Gasteiger partial charge in [-0.1, -0.05) is 0 Å². The molecule has 0 aromatic carbocycles. The van der Waals surface area contributed by atoms with Gasteiger partial charge in [-0.3, -0.25) is 9.78 Å². The highest BCUT2D eigenvalue weighted by Gasteiger charge is 2.22. The number of nitrogen functional groups attached to an aromatic ring is 1. The molecule has 94 valence electrons. The zero-order valence-corrected chi connectivity index (χ0v) is 9.37. The number of halogens is 2. The lowest BCUT2D eigenvalue weighted by Gasteiger charge is -2.12. The molecular formula is C10H12F2N2O3. The molecule has 0 atom stereocenters. The molecule has 17 heavy (non-hydrogen) atoms. The summed E-state index contributed by atoms with van der Waals surface area (Å²) in [6, 6.07) is 0. The zero-order chi connectivity index (χ0) is 13.0. The fraction of sp³-hybridized carbons (Fsp3) is 0.400. The van der Waals surface area contributed by atoms with Gasteiger partial charge in [0.25, 0.3) is 6.43 Å². The van der Waals surface area contributed by atoms with Crippen LogP contribution in [0.3, 0.4) is 0 Å². The van der Waals surface area contributed by atoms with Crippen molar-refractivity contribution in [2.45, 2.75) is 12.8 Å². The second-order valence-electron chi connectivity index (χ2n) is 3.15. The van der Waals surface area contributed by atoms with Gasteiger partial charge in [-0.15, -0.1) is 0 Å². The van der Waals surface area contributed by atoms with Crippen LogP contribution in [0.25, 0.3) is 0 Å². The molecule has 7 heteroatoms. The number of rotatable bonds is 4. The van der Waals surface area contributed by atoms with Crippen LogP contribution in [0.1, 0.15) is 17.7 Å². The molecule has 0 spiro atoms. The monoisotopic (exact) mass is 246 g/mol. The van der Waals surface area contributed by atoms with Gasteiger partial charge in [-0.25, -0.2) is 8.78 Å². The van der Waals surface area contributed by atoms with Gasteiger partial charge in [-0.05, 0) is 0 Å². The average Bonchev–Trinajstić information content (AvgIpc) is 2.30. The highest BCUT2D eigenvalue weighted by Crippen LogP contribution is 2.34. The van der Waals surface area contributed by atoms with Crippen LogP contribution >= 0.6 is 0 Å². The van der Waals surface area contributed by atoms with Gasteiger partial charge in [0.2, 0.25) is 0 Å². The topological polar surface area (TPSA) is 74.4 Å². The maximum Gasteiger partial charge on any atom is 0.311 e. The van der Waals surface area contributed by atoms with Crippen LogP contribution in [0.5, 0.6) is 5.75 Å². The van der Waals surface area contributed by atoms with Gasteiger partial charge in [0.05, 0.1) is 43.8 Å². The third kappa shape index (κ3) is 2.80. The molecule has 0 saturated heterocycles. The Hall–Kier alpha value is -1.92. The smallest absolute Gasteiger partial charge is 0.311 e. The number of anilines is 1. The van der Waals surface area contributed by atoms with Crippen molar-refractivity contribution < 1.29 is 23.0 Å². The van der Waals surface area contributed by atoms with Gasteiger partial charge in [-0.2, -0.15) is 0 Å². The fourth-order valence-corrected chi connectivity index (χ4v) is 1.30. The van der Waals surface area contributed by atoms with E-state index in [1.54, 1.807) is 0 Å². The van der Waals surface area contributed by atoms with E-state index in [9.17, 15) is 13.6 Å². The number of hydrogen-bond donors (Lipinski definition) is 1. The maximum atomic E-state index is 12.8. The van der Waals surface area contributed by atoms with Crippen molar-refractivity contribution in [3.8, 4) is 5.75 Å². The quantitative estimate of drug-likeness (QED) is 0.811. The predicted molar refractivity (Wildman–Crippen MR) is 55.9 cm³/mol. The van der Waals surface area contributed by atoms with Gasteiger partial charge in [0, 0.05) is 0 Å². The Kier molecular flexibility index (Phi) is 4.19. The number of aromatic nitrogens is 1. The number of carbonyl (C=O) groups excluding carboxylic acids is 1. The molecular weight excluding hydrogens is 234 g/mol. The highest BCUT2D eigenvalue weighted by atomic mass is 19.3. The molecule has 0 aliphatic carbocycles. The van der Waals surface area contributed by atoms with Crippen LogP contribution in [0.4, 0.5) is 14.5 Å². The molecule has 1 aromatic heterocycles. The molecule has 0 radical (unpaired) electrons. The van der Waals surface area contributed by atoms with Gasteiger partial charge in [0.15, 0.2) is 0 Å². The molecule has 1 heterocycles. The van der Waals surface area contributed by atoms with Crippen LogP contribution < -0.4 is 10.5 Å². The predicted octanol–water partition coefficient (Wildman–Crippen LogP) is 1.33. The minimum absolute atomic E-state index is 0.0490. The molecule has 0 unspecified atom stereocenters. The number of nitrogens with zero attached hydrogens (tertiary/aromatic N) is 1. The average molecular weight is 246 g/mol. The number of ether oxygens (including phenoxy) is 2. The third-order valence-electron chi connectivity index (χ3n) is 2.18. The number of alkyl halides is 2. The first-order chi connectivity index (χ1) is 8.01. The lowest BCUT2D eigenvalue weighted by atomic mass is 10.1. The normalized spacial score (nSPS) is 10.4. The van der Waals surface area contributed by atoms with E-state index in [0.29, 0.717) is 0 Å². The lowest BCUT2D eigenvalue weighted by Crippen LogP contribution is -2.11. The number of nitrogens with two attached hydrogens (primary N) is 1. The molecule has 5 nitrogen and oxygen atoms in total. The summed E-state index contributed by atoms with van der Waals surface area (Å²) in [4.78, 5) is 14.8. The van der Waals surface area contributed by atoms with Crippen LogP contribution in [0.15, 0.2) is 6.20 Å². The van der Waals surface area contributed by atoms with Crippen molar-refractivity contribution in [1.29, 1.82) is 0 Å². The molecule has 2 N–H and O–H groups in total. The van der Waals surface area contributed by atoms with Crippen LogP contribution in [-0.4, -0.2) is 25.2 Å². The summed E-state index contributed by atoms with van der Waals surface area (Å²) in [5.74, 6) is -0.708. The van der Waals surface area contributed by atoms with Gasteiger partial charge >= 0.3 is 5.97 Å². The summed E-state index contributed by atoms with van der Waals surface area (Å²) < 4.78 is 34.7. The lowest BCUT2D eigenvalue weighted by molar-refractivity contribution is -0.139. The van der Waals surface area contributed by atoms with E-state index in [1.807, 2.05) is 0 Å². The first-order valence-corrected chi connectivity index (χ1v) is 4.67. The van der Waals surface area contributed by atoms with Crippen molar-refractivity contribution in [3.05, 3.63) is 17.5 Å². The van der Waals surface area contributed by atoms with Gasteiger partial charge in [0.1, 0.15) is 5.75 Å². The second-order valence-corrected chi connectivity index (χ2v) is 3.15. The summed E-state index contributed by atoms with van der Waals surface area (Å²) >= 11 is 0. The summed E-state index contributed by atoms with van der Waals surface area (Å²) in [5, 5.41) is 0. The molecule has 0 aliphatic heterocycles. The Morgan fingerprint density at radius 1 is 1.53 bits per heavy atom. The van der Waals surface area contributed by atoms with E-state index in [-0.39, 0.29) is 23.6 Å². The van der Waals surface area contributed by atoms with Crippen molar-refractivity contribution in [2.24, 2.45) is 0 Å².